The van der Waals surface area contributed by atoms with Crippen LogP contribution in [0.2, 0.25) is 0 Å². The second-order valence-electron chi connectivity index (χ2n) is 1.08. The van der Waals surface area contributed by atoms with Gasteiger partial charge in [-0.3, -0.25) is 0 Å². The maximum absolute atomic E-state index is 8.07. The predicted molar refractivity (Wildman–Crippen MR) is 38.3 cm³/mol. The van der Waals surface area contributed by atoms with Crippen molar-refractivity contribution in [2.45, 2.75) is 19.8 Å². The Morgan fingerprint density at radius 1 is 1.00 bits per heavy atom. The summed E-state index contributed by atoms with van der Waals surface area (Å²) in [7, 11) is 2.00. The Bertz CT molecular complexity index is 20.5. The molecule has 0 spiro atoms. The first-order chi connectivity index (χ1) is 4.41. The fraction of sp³-hybridized carbons (Fsp3) is 1.00. The molecule has 3 nitrogen and oxygen atoms in total. The van der Waals surface area contributed by atoms with Crippen molar-refractivity contribution < 1.29 is 55.7 Å². The van der Waals surface area contributed by atoms with Crippen LogP contribution >= 0.6 is 0 Å². The van der Waals surface area contributed by atoms with Gasteiger partial charge < -0.3 is 15.3 Å². The van der Waals surface area contributed by atoms with E-state index in [0.717, 1.165) is 27.1 Å². The van der Waals surface area contributed by atoms with Gasteiger partial charge in [0.1, 0.15) is 0 Å². The summed E-state index contributed by atoms with van der Waals surface area (Å²) < 4.78 is 0. The van der Waals surface area contributed by atoms with Crippen molar-refractivity contribution in [2.75, 3.05) is 20.8 Å². The molecule has 0 amide bonds. The molecular formula is C6H18O3Sm. The van der Waals surface area contributed by atoms with E-state index in [4.69, 9.17) is 15.3 Å². The number of aliphatic hydroxyl groups is 3. The molecule has 0 fully saturated rings. The van der Waals surface area contributed by atoms with Crippen molar-refractivity contribution in [3.63, 3.8) is 0 Å². The maximum Gasteiger partial charge on any atom is 0.0430 e. The quantitative estimate of drug-likeness (QED) is 0.670. The van der Waals surface area contributed by atoms with E-state index in [1.807, 2.05) is 0 Å². The normalized spacial score (nSPS) is 5.40. The summed E-state index contributed by atoms with van der Waals surface area (Å²) in [5.74, 6) is 0. The van der Waals surface area contributed by atoms with Gasteiger partial charge in [0.05, 0.1) is 0 Å². The zero-order valence-corrected chi connectivity index (χ0v) is 9.49. The Hall–Kier alpha value is 1.22. The Kier molecular flexibility index (Phi) is 110. The molecule has 0 rings (SSSR count). The Morgan fingerprint density at radius 2 is 1.30 bits per heavy atom. The molecule has 0 unspecified atom stereocenters. The number of rotatable bonds is 2. The van der Waals surface area contributed by atoms with Crippen LogP contribution in [0.1, 0.15) is 19.8 Å². The van der Waals surface area contributed by atoms with E-state index in [1.54, 1.807) is 0 Å². The van der Waals surface area contributed by atoms with Gasteiger partial charge in [-0.2, -0.15) is 0 Å². The molecule has 0 heterocycles. The van der Waals surface area contributed by atoms with Crippen LogP contribution in [0.15, 0.2) is 0 Å². The molecule has 0 atom stereocenters. The molecule has 0 aliphatic rings. The van der Waals surface area contributed by atoms with E-state index in [9.17, 15) is 0 Å². The Balaban J connectivity index is -0.0000000315. The monoisotopic (exact) mass is 290 g/mol. The molecule has 0 aliphatic carbocycles. The first kappa shape index (κ1) is 22.5. The summed E-state index contributed by atoms with van der Waals surface area (Å²) in [5, 5.41) is 22.1. The molecule has 0 saturated carbocycles. The molecule has 4 heteroatoms. The number of aliphatic hydroxyl groups excluding tert-OH is 3. The minimum absolute atomic E-state index is 0. The van der Waals surface area contributed by atoms with Crippen LogP contribution in [-0.4, -0.2) is 36.1 Å². The molecule has 0 radical (unpaired) electrons. The molecule has 0 saturated heterocycles. The molecular weight excluding hydrogens is 270 g/mol. The van der Waals surface area contributed by atoms with Crippen LogP contribution in [0.25, 0.3) is 0 Å². The molecule has 10 heavy (non-hydrogen) atoms. The van der Waals surface area contributed by atoms with E-state index in [-0.39, 0.29) is 40.4 Å². The van der Waals surface area contributed by atoms with Gasteiger partial charge in [0.15, 0.2) is 0 Å². The minimum Gasteiger partial charge on any atom is -0.400 e. The molecule has 0 aromatic rings. The van der Waals surface area contributed by atoms with Crippen molar-refractivity contribution >= 4 is 0 Å². The molecule has 66 valence electrons. The summed E-state index contributed by atoms with van der Waals surface area (Å²) in [4.78, 5) is 0. The van der Waals surface area contributed by atoms with E-state index >= 15 is 0 Å². The summed E-state index contributed by atoms with van der Waals surface area (Å²) >= 11 is 0. The zero-order chi connectivity index (χ0) is 8.12. The van der Waals surface area contributed by atoms with Crippen molar-refractivity contribution in [1.82, 2.24) is 0 Å². The Labute approximate surface area is 95.6 Å². The van der Waals surface area contributed by atoms with Crippen molar-refractivity contribution in [3.8, 4) is 0 Å². The van der Waals surface area contributed by atoms with Gasteiger partial charge in [0, 0.05) is 61.2 Å². The van der Waals surface area contributed by atoms with E-state index < -0.39 is 0 Å². The average Bonchev–Trinajstić information content (AvgIpc) is 1.98. The largest absolute Gasteiger partial charge is 0.400 e. The van der Waals surface area contributed by atoms with Crippen molar-refractivity contribution in [2.24, 2.45) is 0 Å². The second-order valence-corrected chi connectivity index (χ2v) is 1.08. The average molecular weight is 289 g/mol. The van der Waals surface area contributed by atoms with Gasteiger partial charge in [-0.15, -0.1) is 0 Å². The van der Waals surface area contributed by atoms with Crippen LogP contribution < -0.4 is 0 Å². The van der Waals surface area contributed by atoms with Crippen LogP contribution in [0, 0.1) is 40.4 Å². The van der Waals surface area contributed by atoms with E-state index in [1.165, 1.54) is 0 Å². The smallest absolute Gasteiger partial charge is 0.0430 e. The zero-order valence-electron chi connectivity index (χ0n) is 6.87. The minimum atomic E-state index is 0. The van der Waals surface area contributed by atoms with Gasteiger partial charge in [-0.25, -0.2) is 0 Å². The fourth-order valence-electron chi connectivity index (χ4n) is 0.158. The van der Waals surface area contributed by atoms with Gasteiger partial charge in [-0.1, -0.05) is 13.3 Å². The second kappa shape index (κ2) is 48.8. The molecule has 0 aromatic carbocycles. The Morgan fingerprint density at radius 3 is 1.30 bits per heavy atom. The van der Waals surface area contributed by atoms with Crippen LogP contribution in [0.3, 0.4) is 0 Å². The third kappa shape index (κ3) is 60.1. The van der Waals surface area contributed by atoms with Crippen molar-refractivity contribution in [1.29, 1.82) is 0 Å². The third-order valence-electron chi connectivity index (χ3n) is 0.512. The molecule has 0 bridgehead atoms. The number of hydrogen-bond acceptors (Lipinski definition) is 3. The van der Waals surface area contributed by atoms with Gasteiger partial charge in [-0.05, 0) is 6.42 Å². The standard InChI is InChI=1S/C4H10O.2CH4O.Sm/c1-2-3-4-5;2*1-2;/h5H,2-4H2,1H3;2*2H,1H3;. The van der Waals surface area contributed by atoms with Crippen molar-refractivity contribution in [3.05, 3.63) is 0 Å². The van der Waals surface area contributed by atoms with Gasteiger partial charge >= 0.3 is 0 Å². The number of unbranched alkanes of at least 4 members (excludes halogenated alkanes) is 1. The van der Waals surface area contributed by atoms with Gasteiger partial charge in [0.25, 0.3) is 0 Å². The third-order valence-corrected chi connectivity index (χ3v) is 0.512. The van der Waals surface area contributed by atoms with Crippen LogP contribution in [-0.2, 0) is 0 Å². The summed E-state index contributed by atoms with van der Waals surface area (Å²) in [5.41, 5.74) is 0. The predicted octanol–water partition coefficient (Wildman–Crippen LogP) is -0.00420. The van der Waals surface area contributed by atoms with E-state index in [2.05, 4.69) is 6.92 Å². The molecule has 3 N–H and O–H groups in total. The van der Waals surface area contributed by atoms with Gasteiger partial charge in [0.2, 0.25) is 0 Å². The molecule has 0 aliphatic heterocycles. The maximum atomic E-state index is 8.07. The van der Waals surface area contributed by atoms with Crippen LogP contribution in [0.5, 0.6) is 0 Å². The van der Waals surface area contributed by atoms with E-state index in [0.29, 0.717) is 6.61 Å². The summed E-state index contributed by atoms with van der Waals surface area (Å²) in [6, 6.07) is 0. The first-order valence-electron chi connectivity index (χ1n) is 2.92. The SMILES string of the molecule is CCCCO.CO.CO.[Sm]. The summed E-state index contributed by atoms with van der Waals surface area (Å²) in [6.07, 6.45) is 2.04. The number of hydrogen-bond donors (Lipinski definition) is 3. The first-order valence-corrected chi connectivity index (χ1v) is 2.92. The summed E-state index contributed by atoms with van der Waals surface area (Å²) in [6.45, 7) is 2.40. The fourth-order valence-corrected chi connectivity index (χ4v) is 0.158. The van der Waals surface area contributed by atoms with Crippen LogP contribution in [0.4, 0.5) is 0 Å². The topological polar surface area (TPSA) is 60.7 Å². The molecule has 0 aromatic heterocycles.